The fourth-order valence-electron chi connectivity index (χ4n) is 5.74. The van der Waals surface area contributed by atoms with Crippen molar-refractivity contribution in [1.82, 2.24) is 9.96 Å². The van der Waals surface area contributed by atoms with Crippen molar-refractivity contribution in [2.75, 3.05) is 44.2 Å². The monoisotopic (exact) mass is 409 g/mol. The van der Waals surface area contributed by atoms with Crippen molar-refractivity contribution in [3.8, 4) is 0 Å². The van der Waals surface area contributed by atoms with Crippen LogP contribution in [0.3, 0.4) is 0 Å². The Hall–Kier alpha value is -2.18. The van der Waals surface area contributed by atoms with Gasteiger partial charge < -0.3 is 4.90 Å². The molecule has 2 saturated heterocycles. The van der Waals surface area contributed by atoms with E-state index >= 15 is 0 Å². The van der Waals surface area contributed by atoms with E-state index in [1.165, 1.54) is 16.8 Å². The Balaban J connectivity index is 1.06. The largest absolute Gasteiger partial charge is 0.369 e. The van der Waals surface area contributed by atoms with Crippen LogP contribution in [0, 0.1) is 37.5 Å². The molecule has 6 heteroatoms. The Labute approximate surface area is 178 Å². The number of carbonyl (C=O) groups is 2. The second-order valence-electron chi connectivity index (χ2n) is 9.21. The highest BCUT2D eigenvalue weighted by atomic mass is 16.7. The molecule has 0 radical (unpaired) electrons. The van der Waals surface area contributed by atoms with E-state index in [0.717, 1.165) is 50.6 Å². The average Bonchev–Trinajstić information content (AvgIpc) is 3.43. The zero-order valence-electron chi connectivity index (χ0n) is 17.9. The average molecular weight is 410 g/mol. The van der Waals surface area contributed by atoms with Crippen molar-refractivity contribution >= 4 is 17.5 Å². The van der Waals surface area contributed by atoms with Gasteiger partial charge in [0.1, 0.15) is 0 Å². The smallest absolute Gasteiger partial charge is 0.258 e. The molecular weight excluding hydrogens is 378 g/mol. The highest BCUT2D eigenvalue weighted by Crippen LogP contribution is 2.52. The van der Waals surface area contributed by atoms with Crippen molar-refractivity contribution < 1.29 is 14.4 Å². The van der Waals surface area contributed by atoms with Gasteiger partial charge in [-0.3, -0.25) is 19.3 Å². The predicted octanol–water partition coefficient (Wildman–Crippen LogP) is 2.55. The number of allylic oxidation sites excluding steroid dienone is 2. The molecule has 6 nitrogen and oxygen atoms in total. The quantitative estimate of drug-likeness (QED) is 0.411. The summed E-state index contributed by atoms with van der Waals surface area (Å²) < 4.78 is 0. The number of aryl methyl sites for hydroxylation is 1. The Morgan fingerprint density at radius 3 is 2.30 bits per heavy atom. The summed E-state index contributed by atoms with van der Waals surface area (Å²) in [5.41, 5.74) is 4.05. The van der Waals surface area contributed by atoms with Crippen LogP contribution in [0.1, 0.15) is 24.0 Å². The molecule has 3 fully saturated rings. The maximum absolute atomic E-state index is 12.6. The topological polar surface area (TPSA) is 53.1 Å². The number of imide groups is 1. The SMILES string of the molecule is Cc1cccc(N2CCN(CCCON3C(=O)C4C5C=CC(C5)C4C3=O)CC2)c1C. The number of hydroxylamine groups is 2. The van der Waals surface area contributed by atoms with Crippen LogP contribution in [0.2, 0.25) is 0 Å². The van der Waals surface area contributed by atoms with Crippen LogP contribution in [0.25, 0.3) is 0 Å². The van der Waals surface area contributed by atoms with Crippen LogP contribution < -0.4 is 4.90 Å². The van der Waals surface area contributed by atoms with Crippen LogP contribution in [0.4, 0.5) is 5.69 Å². The Morgan fingerprint density at radius 2 is 1.63 bits per heavy atom. The molecule has 4 unspecified atom stereocenters. The van der Waals surface area contributed by atoms with Crippen LogP contribution >= 0.6 is 0 Å². The van der Waals surface area contributed by atoms with Crippen molar-refractivity contribution in [1.29, 1.82) is 0 Å². The van der Waals surface area contributed by atoms with Gasteiger partial charge >= 0.3 is 0 Å². The third-order valence-corrected chi connectivity index (χ3v) is 7.56. The molecule has 0 N–H and O–H groups in total. The number of hydrogen-bond donors (Lipinski definition) is 0. The molecule has 4 aliphatic rings. The fourth-order valence-corrected chi connectivity index (χ4v) is 5.74. The van der Waals surface area contributed by atoms with Gasteiger partial charge in [-0.05, 0) is 55.7 Å². The highest BCUT2D eigenvalue weighted by Gasteiger charge is 2.60. The van der Waals surface area contributed by atoms with Crippen molar-refractivity contribution in [2.24, 2.45) is 23.7 Å². The first kappa shape index (κ1) is 19.8. The molecule has 5 rings (SSSR count). The van der Waals surface area contributed by atoms with Gasteiger partial charge in [-0.25, -0.2) is 0 Å². The molecule has 2 bridgehead atoms. The minimum Gasteiger partial charge on any atom is -0.369 e. The molecule has 1 saturated carbocycles. The number of amides is 2. The minimum absolute atomic E-state index is 0.121. The van der Waals surface area contributed by atoms with Crippen LogP contribution in [-0.4, -0.2) is 61.1 Å². The van der Waals surface area contributed by atoms with E-state index in [2.05, 4.69) is 54.0 Å². The number of nitrogens with zero attached hydrogens (tertiary/aromatic N) is 3. The molecule has 2 aliphatic carbocycles. The molecule has 0 aromatic heterocycles. The number of hydrogen-bond acceptors (Lipinski definition) is 5. The Bertz CT molecular complexity index is 844. The first-order chi connectivity index (χ1) is 14.5. The second kappa shape index (κ2) is 7.82. The molecule has 2 aliphatic heterocycles. The van der Waals surface area contributed by atoms with Crippen molar-refractivity contribution in [3.05, 3.63) is 41.5 Å². The maximum atomic E-state index is 12.6. The standard InChI is InChI=1S/C24H31N3O3/c1-16-5-3-6-20(17(16)2)26-12-10-25(11-13-26)9-4-14-30-27-23(28)21-18-7-8-19(15-18)22(21)24(27)29/h3,5-8,18-19,21-22H,4,9-15H2,1-2H3. The summed E-state index contributed by atoms with van der Waals surface area (Å²) in [5, 5.41) is 1.08. The molecule has 160 valence electrons. The van der Waals surface area contributed by atoms with Gasteiger partial charge in [-0.1, -0.05) is 24.3 Å². The van der Waals surface area contributed by atoms with Gasteiger partial charge in [0.15, 0.2) is 0 Å². The molecule has 1 aromatic carbocycles. The van der Waals surface area contributed by atoms with Crippen molar-refractivity contribution in [2.45, 2.75) is 26.7 Å². The summed E-state index contributed by atoms with van der Waals surface area (Å²) in [7, 11) is 0. The van der Waals surface area contributed by atoms with Gasteiger partial charge in [-0.15, -0.1) is 0 Å². The van der Waals surface area contributed by atoms with Crippen LogP contribution in [0.5, 0.6) is 0 Å². The number of carbonyl (C=O) groups excluding carboxylic acids is 2. The molecule has 4 atom stereocenters. The van der Waals surface area contributed by atoms with Gasteiger partial charge in [0, 0.05) is 38.4 Å². The van der Waals surface area contributed by atoms with Crippen molar-refractivity contribution in [3.63, 3.8) is 0 Å². The zero-order chi connectivity index (χ0) is 20.8. The lowest BCUT2D eigenvalue weighted by Gasteiger charge is -2.37. The third-order valence-electron chi connectivity index (χ3n) is 7.56. The number of piperazine rings is 1. The number of rotatable bonds is 6. The minimum atomic E-state index is -0.175. The fraction of sp³-hybridized carbons (Fsp3) is 0.583. The summed E-state index contributed by atoms with van der Waals surface area (Å²) in [5.74, 6) is -0.124. The lowest BCUT2D eigenvalue weighted by atomic mass is 9.85. The highest BCUT2D eigenvalue weighted by molar-refractivity contribution is 6.05. The lowest BCUT2D eigenvalue weighted by molar-refractivity contribution is -0.190. The van der Waals surface area contributed by atoms with Gasteiger partial charge in [0.2, 0.25) is 0 Å². The maximum Gasteiger partial charge on any atom is 0.258 e. The molecule has 2 heterocycles. The van der Waals surface area contributed by atoms with E-state index in [1.54, 1.807) is 0 Å². The summed E-state index contributed by atoms with van der Waals surface area (Å²) >= 11 is 0. The third kappa shape index (κ3) is 3.26. The molecular formula is C24H31N3O3. The van der Waals surface area contributed by atoms with E-state index in [0.29, 0.717) is 6.61 Å². The zero-order valence-corrected chi connectivity index (χ0v) is 17.9. The van der Waals surface area contributed by atoms with Gasteiger partial charge in [0.25, 0.3) is 11.8 Å². The number of benzene rings is 1. The Kier molecular flexibility index (Phi) is 5.15. The van der Waals surface area contributed by atoms with E-state index in [1.807, 2.05) is 0 Å². The predicted molar refractivity (Wildman–Crippen MR) is 115 cm³/mol. The first-order valence-corrected chi connectivity index (χ1v) is 11.3. The molecule has 0 spiro atoms. The van der Waals surface area contributed by atoms with E-state index in [4.69, 9.17) is 4.84 Å². The number of fused-ring (bicyclic) bond motifs is 5. The summed E-state index contributed by atoms with van der Waals surface area (Å²) in [4.78, 5) is 35.9. The lowest BCUT2D eigenvalue weighted by Crippen LogP contribution is -2.47. The van der Waals surface area contributed by atoms with E-state index < -0.39 is 0 Å². The van der Waals surface area contributed by atoms with Gasteiger partial charge in [0.05, 0.1) is 18.4 Å². The van der Waals surface area contributed by atoms with Crippen LogP contribution in [-0.2, 0) is 14.4 Å². The summed E-state index contributed by atoms with van der Waals surface area (Å²) in [6.45, 7) is 9.79. The summed E-state index contributed by atoms with van der Waals surface area (Å²) in [6, 6.07) is 6.52. The number of anilines is 1. The molecule has 2 amide bonds. The van der Waals surface area contributed by atoms with E-state index in [9.17, 15) is 9.59 Å². The Morgan fingerprint density at radius 1 is 0.967 bits per heavy atom. The van der Waals surface area contributed by atoms with E-state index in [-0.39, 0.29) is 35.5 Å². The second-order valence-corrected chi connectivity index (χ2v) is 9.21. The molecule has 30 heavy (non-hydrogen) atoms. The normalized spacial score (nSPS) is 30.6. The first-order valence-electron chi connectivity index (χ1n) is 11.3. The molecule has 1 aromatic rings. The summed E-state index contributed by atoms with van der Waals surface area (Å²) in [6.07, 6.45) is 5.99. The van der Waals surface area contributed by atoms with Crippen LogP contribution in [0.15, 0.2) is 30.4 Å². The van der Waals surface area contributed by atoms with Gasteiger partial charge in [-0.2, -0.15) is 5.06 Å².